The van der Waals surface area contributed by atoms with Crippen LogP contribution in [0.25, 0.3) is 10.5 Å². The second kappa shape index (κ2) is 9.12. The van der Waals surface area contributed by atoms with Crippen LogP contribution in [0.3, 0.4) is 0 Å². The number of carbonyl (C=O) groups is 1. The van der Waals surface area contributed by atoms with Gasteiger partial charge in [0.05, 0.1) is 36.9 Å². The van der Waals surface area contributed by atoms with Gasteiger partial charge in [-0.05, 0) is 77.1 Å². The molecule has 0 spiro atoms. The quantitative estimate of drug-likeness (QED) is 0.533. The van der Waals surface area contributed by atoms with Crippen LogP contribution in [0.15, 0.2) is 36.7 Å². The van der Waals surface area contributed by atoms with E-state index in [4.69, 9.17) is 11.3 Å². The highest BCUT2D eigenvalue weighted by molar-refractivity contribution is 5.85. The largest absolute Gasteiger partial charge is 0.371 e. The molecular formula is C27H29N7O2. The zero-order valence-electron chi connectivity index (χ0n) is 20.6. The van der Waals surface area contributed by atoms with Crippen LogP contribution in [-0.2, 0) is 16.0 Å². The third-order valence-corrected chi connectivity index (χ3v) is 8.06. The molecule has 3 heterocycles. The van der Waals surface area contributed by atoms with Crippen molar-refractivity contribution >= 4 is 11.6 Å². The minimum absolute atomic E-state index is 0.0410. The van der Waals surface area contributed by atoms with Crippen molar-refractivity contribution in [3.63, 3.8) is 0 Å². The molecule has 2 saturated heterocycles. The highest BCUT2D eigenvalue weighted by Gasteiger charge is 2.39. The van der Waals surface area contributed by atoms with Gasteiger partial charge in [-0.2, -0.15) is 0 Å². The first kappa shape index (κ1) is 22.8. The third-order valence-electron chi connectivity index (χ3n) is 8.06. The summed E-state index contributed by atoms with van der Waals surface area (Å²) < 4.78 is 7.96. The van der Waals surface area contributed by atoms with Crippen molar-refractivity contribution in [1.29, 1.82) is 0 Å². The number of piperazine rings is 1. The smallest absolute Gasteiger partial charge is 0.230 e. The van der Waals surface area contributed by atoms with Crippen LogP contribution < -0.4 is 0 Å². The van der Waals surface area contributed by atoms with Gasteiger partial charge >= 0.3 is 0 Å². The lowest BCUT2D eigenvalue weighted by molar-refractivity contribution is -0.141. The van der Waals surface area contributed by atoms with Crippen LogP contribution in [-0.4, -0.2) is 74.7 Å². The SMILES string of the molecule is [C-]#[N+]c1c(C)ccc([C@H]2CN3CCN(C(=O)C4CCc5cc(-n6cnnn6)ccc54)C[C@H]3CO2)c1C. The molecule has 2 aliphatic heterocycles. The minimum atomic E-state index is -0.0889. The van der Waals surface area contributed by atoms with Crippen molar-refractivity contribution < 1.29 is 9.53 Å². The first-order chi connectivity index (χ1) is 17.5. The number of nitrogens with zero attached hydrogens (tertiary/aromatic N) is 7. The number of carbonyl (C=O) groups excluding carboxylic acids is 1. The molecule has 3 atom stereocenters. The summed E-state index contributed by atoms with van der Waals surface area (Å²) in [5.74, 6) is 0.135. The molecule has 3 aliphatic rings. The maximum atomic E-state index is 13.6. The van der Waals surface area contributed by atoms with Crippen LogP contribution in [0.4, 0.5) is 5.69 Å². The Morgan fingerprint density at radius 2 is 2.00 bits per heavy atom. The topological polar surface area (TPSA) is 80.7 Å². The maximum Gasteiger partial charge on any atom is 0.230 e. The van der Waals surface area contributed by atoms with Crippen LogP contribution in [0.1, 0.15) is 46.3 Å². The van der Waals surface area contributed by atoms with Gasteiger partial charge in [-0.25, -0.2) is 9.53 Å². The number of hydrogen-bond donors (Lipinski definition) is 0. The molecule has 9 heteroatoms. The Hall–Kier alpha value is -3.61. The van der Waals surface area contributed by atoms with Crippen LogP contribution in [0, 0.1) is 20.4 Å². The average molecular weight is 484 g/mol. The number of ether oxygens (including phenoxy) is 1. The van der Waals surface area contributed by atoms with Gasteiger partial charge in [0.2, 0.25) is 5.91 Å². The van der Waals surface area contributed by atoms with Gasteiger partial charge in [-0.3, -0.25) is 9.69 Å². The number of rotatable bonds is 3. The molecule has 36 heavy (non-hydrogen) atoms. The van der Waals surface area contributed by atoms with Crippen LogP contribution in [0.2, 0.25) is 0 Å². The van der Waals surface area contributed by atoms with E-state index in [1.807, 2.05) is 30.9 Å². The lowest BCUT2D eigenvalue weighted by Gasteiger charge is -2.46. The van der Waals surface area contributed by atoms with Crippen molar-refractivity contribution in [2.75, 3.05) is 32.8 Å². The number of amides is 1. The van der Waals surface area contributed by atoms with E-state index in [-0.39, 0.29) is 24.0 Å². The summed E-state index contributed by atoms with van der Waals surface area (Å²) in [7, 11) is 0. The number of morpholine rings is 1. The highest BCUT2D eigenvalue weighted by Crippen LogP contribution is 2.37. The fraction of sp³-hybridized carbons (Fsp3) is 0.444. The van der Waals surface area contributed by atoms with Crippen molar-refractivity contribution in [3.8, 4) is 5.69 Å². The van der Waals surface area contributed by atoms with Crippen LogP contribution in [0.5, 0.6) is 0 Å². The summed E-state index contributed by atoms with van der Waals surface area (Å²) in [6, 6.07) is 10.5. The molecule has 9 nitrogen and oxygen atoms in total. The molecule has 3 aromatic rings. The number of fused-ring (bicyclic) bond motifs is 2. The molecule has 184 valence electrons. The zero-order chi connectivity index (χ0) is 24.8. The van der Waals surface area contributed by atoms with Gasteiger partial charge in [0.1, 0.15) is 6.33 Å². The van der Waals surface area contributed by atoms with Crippen molar-refractivity contribution in [2.45, 2.75) is 44.8 Å². The molecule has 1 aliphatic carbocycles. The fourth-order valence-corrected chi connectivity index (χ4v) is 6.05. The van der Waals surface area contributed by atoms with E-state index in [0.717, 1.165) is 66.1 Å². The summed E-state index contributed by atoms with van der Waals surface area (Å²) in [6.45, 7) is 15.2. The standard InChI is InChI=1S/C27H29N7O2/c1-17-4-7-22(18(2)26(17)28-3)25-14-32-10-11-33(13-21(32)15-36-25)27(35)24-8-5-19-12-20(6-9-23(19)24)34-16-29-30-31-34/h4,6-7,9,12,16,21,24-25H,5,8,10-11,13-15H2,1-2H3/t21-,24?,25+/m0/s1. The molecule has 0 saturated carbocycles. The molecule has 1 unspecified atom stereocenters. The van der Waals surface area contributed by atoms with Gasteiger partial charge < -0.3 is 9.64 Å². The molecule has 0 radical (unpaired) electrons. The van der Waals surface area contributed by atoms with Gasteiger partial charge in [0.25, 0.3) is 0 Å². The van der Waals surface area contributed by atoms with Gasteiger partial charge in [-0.1, -0.05) is 18.2 Å². The van der Waals surface area contributed by atoms with E-state index in [9.17, 15) is 4.79 Å². The van der Waals surface area contributed by atoms with E-state index in [1.165, 1.54) is 5.56 Å². The van der Waals surface area contributed by atoms with Gasteiger partial charge in [0.15, 0.2) is 5.69 Å². The van der Waals surface area contributed by atoms with Gasteiger partial charge in [0, 0.05) is 26.2 Å². The van der Waals surface area contributed by atoms with Crippen molar-refractivity contribution in [2.24, 2.45) is 0 Å². The maximum absolute atomic E-state index is 13.6. The van der Waals surface area contributed by atoms with Crippen LogP contribution >= 0.6 is 0 Å². The first-order valence-electron chi connectivity index (χ1n) is 12.5. The first-order valence-corrected chi connectivity index (χ1v) is 12.5. The van der Waals surface area contributed by atoms with E-state index in [0.29, 0.717) is 13.2 Å². The lowest BCUT2D eigenvalue weighted by Crippen LogP contribution is -2.60. The van der Waals surface area contributed by atoms with E-state index >= 15 is 0 Å². The Morgan fingerprint density at radius 1 is 1.14 bits per heavy atom. The summed E-state index contributed by atoms with van der Waals surface area (Å²) in [5, 5.41) is 11.4. The molecular weight excluding hydrogens is 454 g/mol. The monoisotopic (exact) mass is 483 g/mol. The predicted octanol–water partition coefficient (Wildman–Crippen LogP) is 3.14. The van der Waals surface area contributed by atoms with E-state index < -0.39 is 0 Å². The lowest BCUT2D eigenvalue weighted by atomic mass is 9.95. The number of tetrazole rings is 1. The third kappa shape index (κ3) is 3.87. The molecule has 6 rings (SSSR count). The summed E-state index contributed by atoms with van der Waals surface area (Å²) >= 11 is 0. The number of aromatic nitrogens is 4. The molecule has 1 aromatic heterocycles. The summed E-state index contributed by atoms with van der Waals surface area (Å²) in [4.78, 5) is 21.8. The Morgan fingerprint density at radius 3 is 2.81 bits per heavy atom. The zero-order valence-corrected chi connectivity index (χ0v) is 20.6. The number of aryl methyl sites for hydroxylation is 2. The predicted molar refractivity (Wildman–Crippen MR) is 133 cm³/mol. The molecule has 0 bridgehead atoms. The number of hydrogen-bond acceptors (Lipinski definition) is 6. The van der Waals surface area contributed by atoms with Crippen molar-refractivity contribution in [1.82, 2.24) is 30.0 Å². The fourth-order valence-electron chi connectivity index (χ4n) is 6.05. The highest BCUT2D eigenvalue weighted by atomic mass is 16.5. The second-order valence-corrected chi connectivity index (χ2v) is 10.0. The summed E-state index contributed by atoms with van der Waals surface area (Å²) in [6.07, 6.45) is 3.27. The average Bonchev–Trinajstić information content (AvgIpc) is 3.58. The number of benzene rings is 2. The summed E-state index contributed by atoms with van der Waals surface area (Å²) in [5.41, 5.74) is 7.11. The Labute approximate surface area is 210 Å². The Bertz CT molecular complexity index is 1350. The minimum Gasteiger partial charge on any atom is -0.371 e. The molecule has 1 amide bonds. The van der Waals surface area contributed by atoms with E-state index in [1.54, 1.807) is 11.0 Å². The Balaban J connectivity index is 1.12. The Kier molecular flexibility index (Phi) is 5.78. The molecule has 2 aromatic carbocycles. The molecule has 2 fully saturated rings. The molecule has 0 N–H and O–H groups in total. The second-order valence-electron chi connectivity index (χ2n) is 10.0. The van der Waals surface area contributed by atoms with Gasteiger partial charge in [-0.15, -0.1) is 5.10 Å². The van der Waals surface area contributed by atoms with Crippen molar-refractivity contribution in [3.05, 3.63) is 75.9 Å². The van der Waals surface area contributed by atoms with E-state index in [2.05, 4.69) is 43.5 Å². The normalized spacial score (nSPS) is 23.7.